The highest BCUT2D eigenvalue weighted by molar-refractivity contribution is 9.10. The molecule has 1 atom stereocenters. The Kier molecular flexibility index (Phi) is 4.07. The van der Waals surface area contributed by atoms with Crippen LogP contribution < -0.4 is 10.1 Å². The van der Waals surface area contributed by atoms with Crippen LogP contribution in [0, 0.1) is 0 Å². The van der Waals surface area contributed by atoms with Gasteiger partial charge in [0.1, 0.15) is 5.69 Å². The van der Waals surface area contributed by atoms with Gasteiger partial charge in [0.2, 0.25) is 17.3 Å². The average molecular weight is 402 g/mol. The van der Waals surface area contributed by atoms with Crippen molar-refractivity contribution >= 4 is 33.4 Å². The summed E-state index contributed by atoms with van der Waals surface area (Å²) in [6.45, 7) is 0. The van der Waals surface area contributed by atoms with E-state index in [1.165, 1.54) is 11.8 Å². The fourth-order valence-electron chi connectivity index (χ4n) is 2.42. The monoisotopic (exact) mass is 401 g/mol. The van der Waals surface area contributed by atoms with Gasteiger partial charge in [-0.2, -0.15) is 4.98 Å². The molecule has 24 heavy (non-hydrogen) atoms. The van der Waals surface area contributed by atoms with Crippen LogP contribution in [0.5, 0.6) is 5.88 Å². The van der Waals surface area contributed by atoms with Gasteiger partial charge >= 0.3 is 0 Å². The molecule has 3 aromatic rings. The number of ether oxygens (including phenoxy) is 1. The molecule has 6 nitrogen and oxygen atoms in total. The predicted molar refractivity (Wildman–Crippen MR) is 96.0 cm³/mol. The van der Waals surface area contributed by atoms with Crippen LogP contribution in [0.25, 0.3) is 11.3 Å². The lowest BCUT2D eigenvalue weighted by Crippen LogP contribution is -2.18. The van der Waals surface area contributed by atoms with Crippen molar-refractivity contribution in [1.29, 1.82) is 0 Å². The van der Waals surface area contributed by atoms with E-state index in [0.29, 0.717) is 16.7 Å². The number of anilines is 1. The third kappa shape index (κ3) is 2.83. The molecule has 1 aromatic carbocycles. The van der Waals surface area contributed by atoms with Crippen molar-refractivity contribution in [2.75, 3.05) is 11.6 Å². The fourth-order valence-corrected chi connectivity index (χ4v) is 3.08. The van der Waals surface area contributed by atoms with Crippen molar-refractivity contribution in [3.63, 3.8) is 0 Å². The van der Waals surface area contributed by atoms with Gasteiger partial charge in [0, 0.05) is 21.9 Å². The van der Waals surface area contributed by atoms with Crippen LogP contribution in [0.1, 0.15) is 11.9 Å². The lowest BCUT2D eigenvalue weighted by Gasteiger charge is -2.18. The number of halogens is 1. The Balaban J connectivity index is 1.89. The van der Waals surface area contributed by atoms with E-state index in [9.17, 15) is 0 Å². The highest BCUT2D eigenvalue weighted by Gasteiger charge is 2.26. The number of aromatic nitrogens is 4. The van der Waals surface area contributed by atoms with Crippen molar-refractivity contribution in [3.8, 4) is 17.1 Å². The van der Waals surface area contributed by atoms with E-state index in [1.54, 1.807) is 6.20 Å². The lowest BCUT2D eigenvalue weighted by atomic mass is 10.1. The zero-order valence-corrected chi connectivity index (χ0v) is 15.0. The molecule has 3 heterocycles. The average Bonchev–Trinajstić information content (AvgIpc) is 2.78. The van der Waals surface area contributed by atoms with Gasteiger partial charge in [0.05, 0.1) is 0 Å². The molecule has 0 spiro atoms. The first kappa shape index (κ1) is 15.3. The number of thioether (sulfide) groups is 1. The molecule has 1 aliphatic heterocycles. The summed E-state index contributed by atoms with van der Waals surface area (Å²) < 4.78 is 7.04. The largest absolute Gasteiger partial charge is 0.446 e. The number of nitrogens with one attached hydrogen (secondary N) is 1. The zero-order chi connectivity index (χ0) is 16.5. The van der Waals surface area contributed by atoms with E-state index in [1.807, 2.05) is 42.7 Å². The maximum absolute atomic E-state index is 6.09. The van der Waals surface area contributed by atoms with Crippen molar-refractivity contribution in [1.82, 2.24) is 20.2 Å². The molecule has 120 valence electrons. The molecule has 1 N–H and O–H groups in total. The minimum atomic E-state index is -0.459. The van der Waals surface area contributed by atoms with Gasteiger partial charge in [0.15, 0.2) is 5.69 Å². The molecule has 0 radical (unpaired) electrons. The summed E-state index contributed by atoms with van der Waals surface area (Å²) in [7, 11) is 0. The van der Waals surface area contributed by atoms with Crippen LogP contribution in [0.2, 0.25) is 0 Å². The summed E-state index contributed by atoms with van der Waals surface area (Å²) in [6.07, 6.45) is 3.18. The first-order chi connectivity index (χ1) is 11.7. The van der Waals surface area contributed by atoms with Crippen LogP contribution >= 0.6 is 27.7 Å². The number of hydrogen-bond donors (Lipinski definition) is 1. The predicted octanol–water partition coefficient (Wildman–Crippen LogP) is 3.92. The number of hydrogen-bond acceptors (Lipinski definition) is 7. The van der Waals surface area contributed by atoms with Crippen LogP contribution in [0.3, 0.4) is 0 Å². The first-order valence-electron chi connectivity index (χ1n) is 7.17. The molecule has 1 unspecified atom stereocenters. The van der Waals surface area contributed by atoms with Gasteiger partial charge in [-0.25, -0.2) is 0 Å². The molecule has 0 saturated carbocycles. The number of fused-ring (bicyclic) bond motifs is 3. The minimum absolute atomic E-state index is 0.439. The summed E-state index contributed by atoms with van der Waals surface area (Å²) in [6, 6.07) is 11.6. The van der Waals surface area contributed by atoms with Gasteiger partial charge in [0.25, 0.3) is 0 Å². The van der Waals surface area contributed by atoms with Gasteiger partial charge in [-0.3, -0.25) is 4.98 Å². The third-order valence-electron chi connectivity index (χ3n) is 3.53. The Bertz CT molecular complexity index is 893. The SMILES string of the molecule is CSc1nnc2c(n1)OC(c1ccccn1)Nc1ccc(Br)cc1-2. The van der Waals surface area contributed by atoms with E-state index in [2.05, 4.69) is 41.4 Å². The molecule has 1 aliphatic rings. The van der Waals surface area contributed by atoms with Crippen LogP contribution in [0.15, 0.2) is 52.2 Å². The highest BCUT2D eigenvalue weighted by Crippen LogP contribution is 2.40. The Labute approximate surface area is 151 Å². The molecule has 8 heteroatoms. The standard InChI is InChI=1S/C16H12BrN5OS/c1-24-16-20-15-13(21-22-16)10-8-9(17)5-6-11(10)19-14(23-15)12-4-2-3-7-18-12/h2-8,14,19H,1H3. The van der Waals surface area contributed by atoms with Gasteiger partial charge in [-0.15, -0.1) is 10.2 Å². The maximum atomic E-state index is 6.09. The lowest BCUT2D eigenvalue weighted by molar-refractivity contribution is 0.220. The van der Waals surface area contributed by atoms with E-state index in [4.69, 9.17) is 4.74 Å². The second-order valence-electron chi connectivity index (χ2n) is 5.04. The minimum Gasteiger partial charge on any atom is -0.446 e. The normalized spacial score (nSPS) is 15.5. The van der Waals surface area contributed by atoms with E-state index < -0.39 is 6.23 Å². The second-order valence-corrected chi connectivity index (χ2v) is 6.73. The van der Waals surface area contributed by atoms with Gasteiger partial charge in [-0.05, 0) is 36.6 Å². The summed E-state index contributed by atoms with van der Waals surface area (Å²) in [4.78, 5) is 8.86. The molecular formula is C16H12BrN5OS. The smallest absolute Gasteiger partial charge is 0.247 e. The Morgan fingerprint density at radius 2 is 2.12 bits per heavy atom. The Morgan fingerprint density at radius 1 is 1.21 bits per heavy atom. The molecule has 2 aromatic heterocycles. The second kappa shape index (κ2) is 6.37. The summed E-state index contributed by atoms with van der Waals surface area (Å²) in [5, 5.41) is 12.4. The number of nitrogens with zero attached hydrogens (tertiary/aromatic N) is 4. The molecule has 0 aliphatic carbocycles. The maximum Gasteiger partial charge on any atom is 0.247 e. The van der Waals surface area contributed by atoms with Crippen LogP contribution in [-0.2, 0) is 0 Å². The Morgan fingerprint density at radius 3 is 2.92 bits per heavy atom. The number of rotatable bonds is 2. The van der Waals surface area contributed by atoms with Crippen LogP contribution in [-0.4, -0.2) is 26.4 Å². The summed E-state index contributed by atoms with van der Waals surface area (Å²) in [5.41, 5.74) is 3.14. The van der Waals surface area contributed by atoms with Crippen molar-refractivity contribution in [2.24, 2.45) is 0 Å². The molecular weight excluding hydrogens is 390 g/mol. The van der Waals surface area contributed by atoms with Crippen molar-refractivity contribution in [3.05, 3.63) is 52.8 Å². The quantitative estimate of drug-likeness (QED) is 0.652. The summed E-state index contributed by atoms with van der Waals surface area (Å²) >= 11 is 4.92. The van der Waals surface area contributed by atoms with E-state index in [-0.39, 0.29) is 0 Å². The van der Waals surface area contributed by atoms with Crippen molar-refractivity contribution in [2.45, 2.75) is 11.4 Å². The fraction of sp³-hybridized carbons (Fsp3) is 0.125. The molecule has 0 fully saturated rings. The van der Waals surface area contributed by atoms with E-state index in [0.717, 1.165) is 21.4 Å². The zero-order valence-electron chi connectivity index (χ0n) is 12.6. The molecule has 0 amide bonds. The summed E-state index contributed by atoms with van der Waals surface area (Å²) in [5.74, 6) is 0.439. The molecule has 0 bridgehead atoms. The van der Waals surface area contributed by atoms with Gasteiger partial charge < -0.3 is 10.1 Å². The highest BCUT2D eigenvalue weighted by atomic mass is 79.9. The third-order valence-corrected chi connectivity index (χ3v) is 4.56. The molecule has 4 rings (SSSR count). The van der Waals surface area contributed by atoms with Gasteiger partial charge in [-0.1, -0.05) is 33.8 Å². The van der Waals surface area contributed by atoms with Crippen LogP contribution in [0.4, 0.5) is 5.69 Å². The Hall–Kier alpha value is -2.19. The first-order valence-corrected chi connectivity index (χ1v) is 9.19. The van der Waals surface area contributed by atoms with E-state index >= 15 is 0 Å². The number of pyridine rings is 1. The van der Waals surface area contributed by atoms with Crippen molar-refractivity contribution < 1.29 is 4.74 Å². The number of benzene rings is 1. The molecule has 0 saturated heterocycles. The topological polar surface area (TPSA) is 72.8 Å².